The minimum Gasteiger partial charge on any atom is -0.487 e. The molecule has 1 fully saturated rings. The molecule has 0 spiro atoms. The maximum Gasteiger partial charge on any atom is 0.254 e. The van der Waals surface area contributed by atoms with Gasteiger partial charge in [-0.25, -0.2) is 4.99 Å². The smallest absolute Gasteiger partial charge is 0.254 e. The Morgan fingerprint density at radius 1 is 1.18 bits per heavy atom. The van der Waals surface area contributed by atoms with E-state index in [0.717, 1.165) is 5.56 Å². The summed E-state index contributed by atoms with van der Waals surface area (Å²) in [7, 11) is 0. The van der Waals surface area contributed by atoms with Gasteiger partial charge in [-0.05, 0) is 49.7 Å². The van der Waals surface area contributed by atoms with Gasteiger partial charge in [0.2, 0.25) is 11.9 Å². The highest BCUT2D eigenvalue weighted by atomic mass is 35.5. The van der Waals surface area contributed by atoms with E-state index in [4.69, 9.17) is 32.5 Å². The zero-order valence-corrected chi connectivity index (χ0v) is 19.4. The fourth-order valence-electron chi connectivity index (χ4n) is 3.90. The Balaban J connectivity index is 1.46. The van der Waals surface area contributed by atoms with Crippen molar-refractivity contribution in [2.24, 2.45) is 21.5 Å². The van der Waals surface area contributed by atoms with Crippen LogP contribution in [0.3, 0.4) is 0 Å². The lowest BCUT2D eigenvalue weighted by Crippen LogP contribution is -2.54. The van der Waals surface area contributed by atoms with E-state index in [1.54, 1.807) is 21.9 Å². The van der Waals surface area contributed by atoms with E-state index < -0.39 is 5.66 Å². The molecule has 0 aliphatic carbocycles. The normalized spacial score (nSPS) is 17.9. The molecule has 0 saturated carbocycles. The van der Waals surface area contributed by atoms with E-state index in [-0.39, 0.29) is 24.4 Å². The maximum atomic E-state index is 12.7. The highest BCUT2D eigenvalue weighted by Gasteiger charge is 2.33. The average molecular weight is 471 g/mol. The molecule has 2 aromatic carbocycles. The van der Waals surface area contributed by atoms with Gasteiger partial charge in [0, 0.05) is 24.3 Å². The van der Waals surface area contributed by atoms with Crippen LogP contribution in [0, 0.1) is 0 Å². The number of anilines is 1. The first-order valence-corrected chi connectivity index (χ1v) is 11.0. The Morgan fingerprint density at radius 2 is 1.94 bits per heavy atom. The number of carbonyl (C=O) groups excluding carboxylic acids is 1. The fourth-order valence-corrected chi connectivity index (χ4v) is 4.13. The number of rotatable bonds is 5. The third-order valence-corrected chi connectivity index (χ3v) is 5.73. The number of nitrogens with two attached hydrogens (primary N) is 2. The Morgan fingerprint density at radius 3 is 2.64 bits per heavy atom. The molecule has 0 bridgehead atoms. The number of benzene rings is 2. The van der Waals surface area contributed by atoms with Gasteiger partial charge in [0.1, 0.15) is 18.0 Å². The molecule has 174 valence electrons. The van der Waals surface area contributed by atoms with Gasteiger partial charge in [0.05, 0.1) is 18.2 Å². The standard InChI is InChI=1S/C23H27ClN6O3/c1-23(2)28-21(25)27-22(26)30(23)17-6-7-19(18(24)13-17)33-14-15-4-3-5-16(12-15)20(31)29-8-10-32-11-9-29/h3-7,12-13H,8-11,14H2,1-2H3,(H4,25,26,27,28). The second kappa shape index (κ2) is 9.29. The largest absolute Gasteiger partial charge is 0.487 e. The molecule has 0 radical (unpaired) electrons. The number of hydrogen-bond donors (Lipinski definition) is 2. The minimum atomic E-state index is -0.713. The van der Waals surface area contributed by atoms with Gasteiger partial charge in [-0.15, -0.1) is 0 Å². The molecule has 0 aromatic heterocycles. The Kier molecular flexibility index (Phi) is 6.44. The molecule has 4 rings (SSSR count). The van der Waals surface area contributed by atoms with Crippen molar-refractivity contribution in [2.75, 3.05) is 31.2 Å². The zero-order valence-electron chi connectivity index (χ0n) is 18.6. The predicted octanol–water partition coefficient (Wildman–Crippen LogP) is 2.58. The summed E-state index contributed by atoms with van der Waals surface area (Å²) in [6.45, 7) is 6.35. The van der Waals surface area contributed by atoms with E-state index in [9.17, 15) is 4.79 Å². The van der Waals surface area contributed by atoms with Gasteiger partial charge in [-0.2, -0.15) is 4.99 Å². The number of morpholine rings is 1. The van der Waals surface area contributed by atoms with E-state index in [1.165, 1.54) is 0 Å². The van der Waals surface area contributed by atoms with Crippen molar-refractivity contribution < 1.29 is 14.3 Å². The van der Waals surface area contributed by atoms with Crippen molar-refractivity contribution in [3.8, 4) is 5.75 Å². The quantitative estimate of drug-likeness (QED) is 0.693. The van der Waals surface area contributed by atoms with E-state index in [0.29, 0.717) is 48.3 Å². The number of amides is 1. The summed E-state index contributed by atoms with van der Waals surface area (Å²) >= 11 is 6.50. The summed E-state index contributed by atoms with van der Waals surface area (Å²) in [5.74, 6) is 0.876. The van der Waals surface area contributed by atoms with Crippen molar-refractivity contribution in [3.05, 3.63) is 58.6 Å². The van der Waals surface area contributed by atoms with Crippen LogP contribution < -0.4 is 21.1 Å². The second-order valence-corrected chi connectivity index (χ2v) is 8.69. The SMILES string of the molecule is CC1(C)N=C(N)N=C(N)N1c1ccc(OCc2cccc(C(=O)N3CCOCC3)c2)c(Cl)c1. The van der Waals surface area contributed by atoms with Crippen molar-refractivity contribution in [1.82, 2.24) is 4.90 Å². The van der Waals surface area contributed by atoms with Gasteiger partial charge in [0.15, 0.2) is 0 Å². The van der Waals surface area contributed by atoms with Crippen molar-refractivity contribution >= 4 is 35.1 Å². The molecule has 9 nitrogen and oxygen atoms in total. The molecular weight excluding hydrogens is 444 g/mol. The molecule has 1 amide bonds. The first-order chi connectivity index (χ1) is 15.7. The topological polar surface area (TPSA) is 119 Å². The van der Waals surface area contributed by atoms with Crippen molar-refractivity contribution in [2.45, 2.75) is 26.1 Å². The van der Waals surface area contributed by atoms with Gasteiger partial charge >= 0.3 is 0 Å². The molecule has 2 aliphatic rings. The van der Waals surface area contributed by atoms with Crippen LogP contribution in [0.25, 0.3) is 0 Å². The monoisotopic (exact) mass is 470 g/mol. The first kappa shape index (κ1) is 22.9. The molecule has 0 unspecified atom stereocenters. The maximum absolute atomic E-state index is 12.7. The predicted molar refractivity (Wildman–Crippen MR) is 129 cm³/mol. The highest BCUT2D eigenvalue weighted by molar-refractivity contribution is 6.32. The molecule has 10 heteroatoms. The summed E-state index contributed by atoms with van der Waals surface area (Å²) in [6, 6.07) is 12.8. The van der Waals surface area contributed by atoms with E-state index >= 15 is 0 Å². The van der Waals surface area contributed by atoms with Crippen molar-refractivity contribution in [1.29, 1.82) is 0 Å². The summed E-state index contributed by atoms with van der Waals surface area (Å²) in [4.78, 5) is 24.7. The Labute approximate surface area is 197 Å². The summed E-state index contributed by atoms with van der Waals surface area (Å²) in [5, 5.41) is 0.416. The summed E-state index contributed by atoms with van der Waals surface area (Å²) in [6.07, 6.45) is 0. The second-order valence-electron chi connectivity index (χ2n) is 8.28. The van der Waals surface area contributed by atoms with Crippen LogP contribution in [0.15, 0.2) is 52.4 Å². The number of halogens is 1. The van der Waals surface area contributed by atoms with Crippen LogP contribution in [-0.4, -0.2) is 54.7 Å². The zero-order chi connectivity index (χ0) is 23.6. The lowest BCUT2D eigenvalue weighted by Gasteiger charge is -2.38. The number of carbonyl (C=O) groups is 1. The van der Waals surface area contributed by atoms with E-state index in [2.05, 4.69) is 9.98 Å². The molecule has 4 N–H and O–H groups in total. The van der Waals surface area contributed by atoms with Gasteiger partial charge in [-0.1, -0.05) is 23.7 Å². The number of aliphatic imine (C=N–C) groups is 2. The van der Waals surface area contributed by atoms with Crippen LogP contribution in [0.5, 0.6) is 5.75 Å². The van der Waals surface area contributed by atoms with Crippen LogP contribution in [0.4, 0.5) is 5.69 Å². The molecule has 0 atom stereocenters. The molecule has 2 aromatic rings. The van der Waals surface area contributed by atoms with E-state index in [1.807, 2.05) is 44.2 Å². The molecule has 2 heterocycles. The van der Waals surface area contributed by atoms with Crippen molar-refractivity contribution in [3.63, 3.8) is 0 Å². The first-order valence-electron chi connectivity index (χ1n) is 10.6. The lowest BCUT2D eigenvalue weighted by molar-refractivity contribution is 0.0303. The van der Waals surface area contributed by atoms with Crippen LogP contribution in [0.1, 0.15) is 29.8 Å². The number of hydrogen-bond acceptors (Lipinski definition) is 8. The van der Waals surface area contributed by atoms with Gasteiger partial charge < -0.3 is 25.8 Å². The third kappa shape index (κ3) is 5.04. The third-order valence-electron chi connectivity index (χ3n) is 5.43. The Bertz CT molecular complexity index is 1110. The Hall–Kier alpha value is -3.30. The summed E-state index contributed by atoms with van der Waals surface area (Å²) in [5.41, 5.74) is 13.3. The average Bonchev–Trinajstić information content (AvgIpc) is 2.77. The number of guanidine groups is 2. The lowest BCUT2D eigenvalue weighted by atomic mass is 10.1. The van der Waals surface area contributed by atoms with Crippen LogP contribution in [0.2, 0.25) is 5.02 Å². The molecule has 33 heavy (non-hydrogen) atoms. The van der Waals surface area contributed by atoms with Gasteiger partial charge in [0.25, 0.3) is 5.91 Å². The molecule has 1 saturated heterocycles. The molecule has 2 aliphatic heterocycles. The highest BCUT2D eigenvalue weighted by Crippen LogP contribution is 2.34. The van der Waals surface area contributed by atoms with Gasteiger partial charge in [-0.3, -0.25) is 9.69 Å². The number of ether oxygens (including phenoxy) is 2. The minimum absolute atomic E-state index is 0.00534. The summed E-state index contributed by atoms with van der Waals surface area (Å²) < 4.78 is 11.3. The van der Waals surface area contributed by atoms with Crippen LogP contribution in [-0.2, 0) is 11.3 Å². The fraction of sp³-hybridized carbons (Fsp3) is 0.348. The molecular formula is C23H27ClN6O3. The number of nitrogens with zero attached hydrogens (tertiary/aromatic N) is 4. The van der Waals surface area contributed by atoms with Crippen LogP contribution >= 0.6 is 11.6 Å².